The first-order valence-electron chi connectivity index (χ1n) is 13.8. The smallest absolute Gasteiger partial charge is 0.264 e. The lowest BCUT2D eigenvalue weighted by atomic mass is 10.1. The third kappa shape index (κ3) is 7.30. The molecule has 3 aromatic carbocycles. The van der Waals surface area contributed by atoms with Crippen molar-refractivity contribution in [3.05, 3.63) is 94.5 Å². The number of rotatable bonds is 12. The molecule has 3 rings (SSSR count). The zero-order valence-corrected chi connectivity index (χ0v) is 25.2. The average Bonchev–Trinajstić information content (AvgIpc) is 2.93. The number of anilines is 1. The molecule has 214 valence electrons. The Morgan fingerprint density at radius 3 is 2.12 bits per heavy atom. The molecule has 0 bridgehead atoms. The van der Waals surface area contributed by atoms with E-state index in [9.17, 15) is 18.0 Å². The van der Waals surface area contributed by atoms with Crippen LogP contribution in [0.4, 0.5) is 5.69 Å². The van der Waals surface area contributed by atoms with E-state index in [2.05, 4.69) is 5.32 Å². The predicted molar refractivity (Wildman–Crippen MR) is 161 cm³/mol. The number of nitrogens with one attached hydrogen (secondary N) is 1. The van der Waals surface area contributed by atoms with Crippen molar-refractivity contribution in [1.29, 1.82) is 0 Å². The fourth-order valence-electron chi connectivity index (χ4n) is 4.50. The van der Waals surface area contributed by atoms with Gasteiger partial charge in [-0.2, -0.15) is 0 Å². The zero-order chi connectivity index (χ0) is 29.4. The van der Waals surface area contributed by atoms with Crippen LogP contribution < -0.4 is 9.62 Å². The second-order valence-corrected chi connectivity index (χ2v) is 12.1. The van der Waals surface area contributed by atoms with Crippen molar-refractivity contribution in [1.82, 2.24) is 10.2 Å². The first kappa shape index (κ1) is 30.9. The Kier molecular flexibility index (Phi) is 10.5. The van der Waals surface area contributed by atoms with Crippen molar-refractivity contribution in [3.63, 3.8) is 0 Å². The monoisotopic (exact) mass is 563 g/mol. The predicted octanol–water partition coefficient (Wildman–Crippen LogP) is 5.45. The Morgan fingerprint density at radius 2 is 1.52 bits per heavy atom. The molecule has 0 unspecified atom stereocenters. The molecule has 1 N–H and O–H groups in total. The summed E-state index contributed by atoms with van der Waals surface area (Å²) in [6.45, 7) is 11.8. The topological polar surface area (TPSA) is 86.8 Å². The third-order valence-corrected chi connectivity index (χ3v) is 8.99. The Hall–Kier alpha value is -3.65. The summed E-state index contributed by atoms with van der Waals surface area (Å²) in [4.78, 5) is 29.0. The molecule has 0 spiro atoms. The van der Waals surface area contributed by atoms with E-state index in [1.54, 1.807) is 36.4 Å². The quantitative estimate of drug-likeness (QED) is 0.318. The van der Waals surface area contributed by atoms with Crippen molar-refractivity contribution in [2.45, 2.75) is 71.9 Å². The van der Waals surface area contributed by atoms with Crippen LogP contribution >= 0.6 is 0 Å². The molecule has 40 heavy (non-hydrogen) atoms. The first-order valence-corrected chi connectivity index (χ1v) is 15.2. The van der Waals surface area contributed by atoms with Gasteiger partial charge in [0, 0.05) is 13.1 Å². The second-order valence-electron chi connectivity index (χ2n) is 10.3. The van der Waals surface area contributed by atoms with Crippen LogP contribution in [0.3, 0.4) is 0 Å². The number of hydrogen-bond acceptors (Lipinski definition) is 4. The molecule has 0 fully saturated rings. The summed E-state index contributed by atoms with van der Waals surface area (Å²) in [5, 5.41) is 2.91. The van der Waals surface area contributed by atoms with Gasteiger partial charge in [0.2, 0.25) is 11.8 Å². The highest BCUT2D eigenvalue weighted by molar-refractivity contribution is 7.92. The maximum Gasteiger partial charge on any atom is 0.264 e. The fraction of sp³-hybridized carbons (Fsp3) is 0.375. The van der Waals surface area contributed by atoms with E-state index in [1.807, 2.05) is 71.9 Å². The van der Waals surface area contributed by atoms with Crippen molar-refractivity contribution in [3.8, 4) is 0 Å². The van der Waals surface area contributed by atoms with E-state index in [0.717, 1.165) is 38.5 Å². The number of amides is 2. The molecule has 0 heterocycles. The normalized spacial score (nSPS) is 12.1. The fourth-order valence-corrected chi connectivity index (χ4v) is 5.91. The van der Waals surface area contributed by atoms with Gasteiger partial charge in [0.05, 0.1) is 10.6 Å². The lowest BCUT2D eigenvalue weighted by Gasteiger charge is -2.33. The molecule has 7 nitrogen and oxygen atoms in total. The van der Waals surface area contributed by atoms with E-state index in [1.165, 1.54) is 4.90 Å². The molecule has 8 heteroatoms. The van der Waals surface area contributed by atoms with Gasteiger partial charge >= 0.3 is 0 Å². The summed E-state index contributed by atoms with van der Waals surface area (Å²) in [5.41, 5.74) is 5.15. The number of carbonyl (C=O) groups is 2. The Morgan fingerprint density at radius 1 is 0.850 bits per heavy atom. The Balaban J connectivity index is 2.09. The summed E-state index contributed by atoms with van der Waals surface area (Å²) in [6, 6.07) is 18.9. The van der Waals surface area contributed by atoms with Gasteiger partial charge in [-0.25, -0.2) is 8.42 Å². The summed E-state index contributed by atoms with van der Waals surface area (Å²) in [7, 11) is -4.09. The molecular weight excluding hydrogens is 522 g/mol. The molecule has 3 aromatic rings. The molecule has 0 radical (unpaired) electrons. The van der Waals surface area contributed by atoms with Crippen molar-refractivity contribution in [2.75, 3.05) is 17.4 Å². The van der Waals surface area contributed by atoms with E-state index in [-0.39, 0.29) is 17.3 Å². The minimum atomic E-state index is -4.09. The molecule has 0 aliphatic rings. The number of carbonyl (C=O) groups excluding carboxylic acids is 2. The minimum Gasteiger partial charge on any atom is -0.354 e. The van der Waals surface area contributed by atoms with Gasteiger partial charge in [-0.1, -0.05) is 61.9 Å². The van der Waals surface area contributed by atoms with Crippen molar-refractivity contribution < 1.29 is 18.0 Å². The van der Waals surface area contributed by atoms with Crippen LogP contribution in [0.5, 0.6) is 0 Å². The highest BCUT2D eigenvalue weighted by atomic mass is 32.2. The van der Waals surface area contributed by atoms with Gasteiger partial charge in [0.15, 0.2) is 0 Å². The molecule has 2 amide bonds. The minimum absolute atomic E-state index is 0.0994. The number of benzene rings is 3. The second kappa shape index (κ2) is 13.6. The summed E-state index contributed by atoms with van der Waals surface area (Å²) < 4.78 is 29.2. The highest BCUT2D eigenvalue weighted by Crippen LogP contribution is 2.27. The lowest BCUT2D eigenvalue weighted by Crippen LogP contribution is -2.52. The van der Waals surface area contributed by atoms with E-state index < -0.39 is 28.5 Å². The Bertz CT molecular complexity index is 1430. The van der Waals surface area contributed by atoms with Crippen LogP contribution in [-0.4, -0.2) is 44.3 Å². The molecule has 0 saturated heterocycles. The van der Waals surface area contributed by atoms with E-state index in [4.69, 9.17) is 0 Å². The van der Waals surface area contributed by atoms with Gasteiger partial charge in [0.1, 0.15) is 12.6 Å². The van der Waals surface area contributed by atoms with E-state index in [0.29, 0.717) is 18.7 Å². The summed E-state index contributed by atoms with van der Waals surface area (Å²) in [6.07, 6.45) is 1.16. The Labute approximate surface area is 239 Å². The molecule has 0 aliphatic heterocycles. The number of sulfonamides is 1. The van der Waals surface area contributed by atoms with Gasteiger partial charge in [-0.05, 0) is 87.1 Å². The van der Waals surface area contributed by atoms with Crippen LogP contribution in [-0.2, 0) is 26.2 Å². The maximum absolute atomic E-state index is 14.1. The first-order chi connectivity index (χ1) is 19.0. The van der Waals surface area contributed by atoms with E-state index >= 15 is 0 Å². The lowest BCUT2D eigenvalue weighted by molar-refractivity contribution is -0.140. The van der Waals surface area contributed by atoms with Crippen LogP contribution in [0.15, 0.2) is 71.6 Å². The number of hydrogen-bond donors (Lipinski definition) is 1. The molecular formula is C32H41N3O4S. The van der Waals surface area contributed by atoms with Gasteiger partial charge in [0.25, 0.3) is 10.0 Å². The molecule has 0 aliphatic carbocycles. The highest BCUT2D eigenvalue weighted by Gasteiger charge is 2.33. The van der Waals surface area contributed by atoms with Gasteiger partial charge in [-0.15, -0.1) is 0 Å². The number of aryl methyl sites for hydroxylation is 4. The molecule has 1 atom stereocenters. The number of nitrogens with zero attached hydrogens (tertiary/aromatic N) is 2. The van der Waals surface area contributed by atoms with Crippen LogP contribution in [0, 0.1) is 27.7 Å². The third-order valence-electron chi connectivity index (χ3n) is 7.20. The van der Waals surface area contributed by atoms with Crippen LogP contribution in [0.1, 0.15) is 54.5 Å². The zero-order valence-electron chi connectivity index (χ0n) is 24.4. The largest absolute Gasteiger partial charge is 0.354 e. The standard InChI is InChI=1S/C32H41N3O4S/c1-7-19-33-32(37)30(8-2)34(21-27-12-10-9-11-25(27)5)31(36)22-35(28-16-15-24(4)26(6)20-28)40(38,39)29-17-13-23(3)14-18-29/h9-18,20,30H,7-8,19,21-22H2,1-6H3,(H,33,37)/t30-/m1/s1. The maximum atomic E-state index is 14.1. The summed E-state index contributed by atoms with van der Waals surface area (Å²) >= 11 is 0. The van der Waals surface area contributed by atoms with Crippen molar-refractivity contribution >= 4 is 27.5 Å². The van der Waals surface area contributed by atoms with Crippen LogP contribution in [0.2, 0.25) is 0 Å². The molecule has 0 aromatic heterocycles. The average molecular weight is 564 g/mol. The van der Waals surface area contributed by atoms with Crippen molar-refractivity contribution in [2.24, 2.45) is 0 Å². The summed E-state index contributed by atoms with van der Waals surface area (Å²) in [5.74, 6) is -0.693. The van der Waals surface area contributed by atoms with Crippen LogP contribution in [0.25, 0.3) is 0 Å². The van der Waals surface area contributed by atoms with Gasteiger partial charge < -0.3 is 10.2 Å². The SMILES string of the molecule is CCCNC(=O)[C@@H](CC)N(Cc1ccccc1C)C(=O)CN(c1ccc(C)c(C)c1)S(=O)(=O)c1ccc(C)cc1. The van der Waals surface area contributed by atoms with Gasteiger partial charge in [-0.3, -0.25) is 13.9 Å². The molecule has 0 saturated carbocycles.